The Balaban J connectivity index is 1.78. The van der Waals surface area contributed by atoms with Crippen LogP contribution in [0.5, 0.6) is 0 Å². The molecule has 2 aliphatic rings. The minimum absolute atomic E-state index is 0.774. The van der Waals surface area contributed by atoms with Crippen LogP contribution in [0.3, 0.4) is 0 Å². The van der Waals surface area contributed by atoms with Crippen molar-refractivity contribution in [3.05, 3.63) is 0 Å². The highest BCUT2D eigenvalue weighted by Gasteiger charge is 2.25. The summed E-state index contributed by atoms with van der Waals surface area (Å²) in [6.45, 7) is 6.05. The lowest BCUT2D eigenvalue weighted by molar-refractivity contribution is 0.183. The SMILES string of the molecule is CCNC1CCCCCC1CN(C)CC1CCCCC1. The van der Waals surface area contributed by atoms with Crippen LogP contribution < -0.4 is 5.32 Å². The molecule has 2 rings (SSSR count). The molecule has 0 saturated heterocycles. The van der Waals surface area contributed by atoms with Crippen LogP contribution in [-0.4, -0.2) is 37.6 Å². The molecule has 2 fully saturated rings. The Bertz CT molecular complexity index is 248. The van der Waals surface area contributed by atoms with Gasteiger partial charge in [-0.1, -0.05) is 45.4 Å². The highest BCUT2D eigenvalue weighted by atomic mass is 15.1. The Hall–Kier alpha value is -0.0800. The van der Waals surface area contributed by atoms with Gasteiger partial charge in [0.15, 0.2) is 0 Å². The van der Waals surface area contributed by atoms with Crippen molar-refractivity contribution >= 4 is 0 Å². The molecule has 0 heterocycles. The van der Waals surface area contributed by atoms with Gasteiger partial charge >= 0.3 is 0 Å². The summed E-state index contributed by atoms with van der Waals surface area (Å²) in [5, 5.41) is 3.76. The molecule has 2 aliphatic carbocycles. The highest BCUT2D eigenvalue weighted by Crippen LogP contribution is 2.27. The molecule has 0 aromatic rings. The van der Waals surface area contributed by atoms with Gasteiger partial charge in [0.05, 0.1) is 0 Å². The monoisotopic (exact) mass is 280 g/mol. The smallest absolute Gasteiger partial charge is 0.0107 e. The summed E-state index contributed by atoms with van der Waals surface area (Å²) in [5.74, 6) is 1.86. The summed E-state index contributed by atoms with van der Waals surface area (Å²) in [7, 11) is 2.36. The van der Waals surface area contributed by atoms with Crippen LogP contribution in [-0.2, 0) is 0 Å². The van der Waals surface area contributed by atoms with E-state index in [4.69, 9.17) is 0 Å². The predicted molar refractivity (Wildman–Crippen MR) is 88.1 cm³/mol. The third-order valence-electron chi connectivity index (χ3n) is 5.47. The topological polar surface area (TPSA) is 15.3 Å². The lowest BCUT2D eigenvalue weighted by Gasteiger charge is -2.32. The van der Waals surface area contributed by atoms with Crippen LogP contribution in [0, 0.1) is 11.8 Å². The molecule has 2 saturated carbocycles. The Morgan fingerprint density at radius 3 is 2.20 bits per heavy atom. The number of hydrogen-bond acceptors (Lipinski definition) is 2. The Morgan fingerprint density at radius 1 is 0.850 bits per heavy atom. The molecule has 0 aromatic heterocycles. The molecular formula is C18H36N2. The molecule has 1 N–H and O–H groups in total. The molecule has 0 bridgehead atoms. The zero-order chi connectivity index (χ0) is 14.2. The molecule has 0 spiro atoms. The van der Waals surface area contributed by atoms with Crippen LogP contribution in [0.4, 0.5) is 0 Å². The second-order valence-corrected chi connectivity index (χ2v) is 7.29. The average molecular weight is 281 g/mol. The molecule has 118 valence electrons. The Labute approximate surface area is 126 Å². The van der Waals surface area contributed by atoms with Gasteiger partial charge in [-0.05, 0) is 51.1 Å². The van der Waals surface area contributed by atoms with E-state index in [-0.39, 0.29) is 0 Å². The predicted octanol–water partition coefficient (Wildman–Crippen LogP) is 4.06. The van der Waals surface area contributed by atoms with Gasteiger partial charge in [0.2, 0.25) is 0 Å². The number of nitrogens with one attached hydrogen (secondary N) is 1. The molecular weight excluding hydrogens is 244 g/mol. The van der Waals surface area contributed by atoms with Gasteiger partial charge in [0.1, 0.15) is 0 Å². The standard InChI is InChI=1S/C18H36N2/c1-3-19-18-13-9-5-8-12-17(18)15-20(2)14-16-10-6-4-7-11-16/h16-19H,3-15H2,1-2H3. The third-order valence-corrected chi connectivity index (χ3v) is 5.47. The molecule has 2 heteroatoms. The summed E-state index contributed by atoms with van der Waals surface area (Å²) < 4.78 is 0. The molecule has 20 heavy (non-hydrogen) atoms. The van der Waals surface area contributed by atoms with Crippen molar-refractivity contribution in [1.29, 1.82) is 0 Å². The highest BCUT2D eigenvalue weighted by molar-refractivity contribution is 4.82. The summed E-state index contributed by atoms with van der Waals surface area (Å²) in [4.78, 5) is 2.65. The fourth-order valence-electron chi connectivity index (χ4n) is 4.42. The second-order valence-electron chi connectivity index (χ2n) is 7.29. The van der Waals surface area contributed by atoms with Crippen molar-refractivity contribution in [3.63, 3.8) is 0 Å². The fraction of sp³-hybridized carbons (Fsp3) is 1.00. The van der Waals surface area contributed by atoms with E-state index in [0.717, 1.165) is 24.4 Å². The normalized spacial score (nSPS) is 29.6. The average Bonchev–Trinajstić information content (AvgIpc) is 2.66. The number of rotatable bonds is 6. The van der Waals surface area contributed by atoms with Crippen LogP contribution in [0.1, 0.15) is 71.1 Å². The quantitative estimate of drug-likeness (QED) is 0.738. The van der Waals surface area contributed by atoms with Crippen LogP contribution in [0.15, 0.2) is 0 Å². The van der Waals surface area contributed by atoms with Crippen LogP contribution >= 0.6 is 0 Å². The lowest BCUT2D eigenvalue weighted by atomic mass is 9.88. The molecule has 0 amide bonds. The van der Waals surface area contributed by atoms with Gasteiger partial charge in [-0.15, -0.1) is 0 Å². The summed E-state index contributed by atoms with van der Waals surface area (Å²) in [6.07, 6.45) is 14.5. The molecule has 2 atom stereocenters. The summed E-state index contributed by atoms with van der Waals surface area (Å²) in [5.41, 5.74) is 0. The minimum atomic E-state index is 0.774. The Kier molecular flexibility index (Phi) is 7.37. The molecule has 2 nitrogen and oxygen atoms in total. The van der Waals surface area contributed by atoms with Crippen molar-refractivity contribution in [2.45, 2.75) is 77.2 Å². The second kappa shape index (κ2) is 9.04. The van der Waals surface area contributed by atoms with Gasteiger partial charge < -0.3 is 10.2 Å². The summed E-state index contributed by atoms with van der Waals surface area (Å²) in [6, 6.07) is 0.774. The Morgan fingerprint density at radius 2 is 1.50 bits per heavy atom. The maximum Gasteiger partial charge on any atom is 0.0107 e. The molecule has 0 radical (unpaired) electrons. The first kappa shape index (κ1) is 16.3. The first-order valence-electron chi connectivity index (χ1n) is 9.21. The van der Waals surface area contributed by atoms with Crippen LogP contribution in [0.2, 0.25) is 0 Å². The fourth-order valence-corrected chi connectivity index (χ4v) is 4.42. The van der Waals surface area contributed by atoms with E-state index in [0.29, 0.717) is 0 Å². The number of nitrogens with zero attached hydrogens (tertiary/aromatic N) is 1. The van der Waals surface area contributed by atoms with Crippen LogP contribution in [0.25, 0.3) is 0 Å². The number of hydrogen-bond donors (Lipinski definition) is 1. The van der Waals surface area contributed by atoms with E-state index < -0.39 is 0 Å². The van der Waals surface area contributed by atoms with Crippen molar-refractivity contribution < 1.29 is 0 Å². The van der Waals surface area contributed by atoms with E-state index in [1.807, 2.05) is 0 Å². The van der Waals surface area contributed by atoms with E-state index in [1.54, 1.807) is 0 Å². The largest absolute Gasteiger partial charge is 0.314 e. The molecule has 2 unspecified atom stereocenters. The van der Waals surface area contributed by atoms with E-state index in [9.17, 15) is 0 Å². The van der Waals surface area contributed by atoms with Gasteiger partial charge in [0, 0.05) is 19.1 Å². The minimum Gasteiger partial charge on any atom is -0.314 e. The van der Waals surface area contributed by atoms with Crippen molar-refractivity contribution in [1.82, 2.24) is 10.2 Å². The van der Waals surface area contributed by atoms with Gasteiger partial charge in [-0.2, -0.15) is 0 Å². The van der Waals surface area contributed by atoms with Gasteiger partial charge in [-0.3, -0.25) is 0 Å². The van der Waals surface area contributed by atoms with Crippen molar-refractivity contribution in [2.24, 2.45) is 11.8 Å². The van der Waals surface area contributed by atoms with E-state index in [2.05, 4.69) is 24.2 Å². The zero-order valence-corrected chi connectivity index (χ0v) is 13.9. The van der Waals surface area contributed by atoms with E-state index >= 15 is 0 Å². The zero-order valence-electron chi connectivity index (χ0n) is 13.9. The maximum atomic E-state index is 3.76. The third kappa shape index (κ3) is 5.37. The van der Waals surface area contributed by atoms with Gasteiger partial charge in [0.25, 0.3) is 0 Å². The lowest BCUT2D eigenvalue weighted by Crippen LogP contribution is -2.42. The molecule has 0 aromatic carbocycles. The molecule has 0 aliphatic heterocycles. The van der Waals surface area contributed by atoms with Gasteiger partial charge in [-0.25, -0.2) is 0 Å². The van der Waals surface area contributed by atoms with Crippen molar-refractivity contribution in [3.8, 4) is 0 Å². The first-order valence-corrected chi connectivity index (χ1v) is 9.21. The van der Waals surface area contributed by atoms with E-state index in [1.165, 1.54) is 77.3 Å². The first-order chi connectivity index (χ1) is 9.79. The van der Waals surface area contributed by atoms with Crippen molar-refractivity contribution in [2.75, 3.05) is 26.7 Å². The maximum absolute atomic E-state index is 3.76. The summed E-state index contributed by atoms with van der Waals surface area (Å²) >= 11 is 0.